The molecule has 7 nitrogen and oxygen atoms in total. The van der Waals surface area contributed by atoms with Gasteiger partial charge in [0.25, 0.3) is 10.0 Å². The molecule has 150 valence electrons. The highest BCUT2D eigenvalue weighted by molar-refractivity contribution is 7.91. The van der Waals surface area contributed by atoms with Gasteiger partial charge in [-0.15, -0.1) is 11.3 Å². The molecule has 9 heteroatoms. The number of piperidine rings is 1. The van der Waals surface area contributed by atoms with E-state index in [4.69, 9.17) is 9.47 Å². The van der Waals surface area contributed by atoms with E-state index in [-0.39, 0.29) is 25.2 Å². The van der Waals surface area contributed by atoms with Crippen LogP contribution in [0.25, 0.3) is 0 Å². The number of thiophene rings is 1. The highest BCUT2D eigenvalue weighted by Gasteiger charge is 2.35. The van der Waals surface area contributed by atoms with Crippen LogP contribution in [0, 0.1) is 0 Å². The molecule has 2 aromatic rings. The first kappa shape index (κ1) is 19.2. The van der Waals surface area contributed by atoms with Crippen LogP contribution in [0.5, 0.6) is 11.5 Å². The maximum Gasteiger partial charge on any atom is 0.252 e. The van der Waals surface area contributed by atoms with Crippen LogP contribution < -0.4 is 14.8 Å². The van der Waals surface area contributed by atoms with E-state index in [0.717, 1.165) is 18.4 Å². The molecule has 1 aromatic carbocycles. The number of sulfonamides is 1. The quantitative estimate of drug-likeness (QED) is 0.774. The Morgan fingerprint density at radius 2 is 2.07 bits per heavy atom. The van der Waals surface area contributed by atoms with E-state index in [9.17, 15) is 13.2 Å². The van der Waals surface area contributed by atoms with E-state index >= 15 is 0 Å². The molecule has 0 aliphatic carbocycles. The lowest BCUT2D eigenvalue weighted by Gasteiger charge is -2.34. The number of nitrogens with zero attached hydrogens (tertiary/aromatic N) is 1. The lowest BCUT2D eigenvalue weighted by molar-refractivity contribution is -0.122. The van der Waals surface area contributed by atoms with Gasteiger partial charge < -0.3 is 14.8 Å². The average Bonchev–Trinajstić information content (AvgIpc) is 3.38. The number of amides is 1. The Bertz CT molecular complexity index is 943. The molecule has 4 rings (SSSR count). The van der Waals surface area contributed by atoms with Crippen molar-refractivity contribution < 1.29 is 22.7 Å². The Balaban J connectivity index is 1.38. The molecule has 0 saturated carbocycles. The number of rotatable bonds is 6. The lowest BCUT2D eigenvalue weighted by Crippen LogP contribution is -2.45. The van der Waals surface area contributed by atoms with Crippen molar-refractivity contribution in [3.05, 3.63) is 41.3 Å². The molecular weight excluding hydrogens is 400 g/mol. The topological polar surface area (TPSA) is 84.9 Å². The third kappa shape index (κ3) is 4.01. The van der Waals surface area contributed by atoms with Crippen molar-refractivity contribution in [3.8, 4) is 11.5 Å². The van der Waals surface area contributed by atoms with Gasteiger partial charge in [-0.25, -0.2) is 8.42 Å². The van der Waals surface area contributed by atoms with Gasteiger partial charge in [-0.05, 0) is 42.0 Å². The highest BCUT2D eigenvalue weighted by Crippen LogP contribution is 2.32. The fraction of sp³-hybridized carbons (Fsp3) is 0.421. The number of fused-ring (bicyclic) bond motifs is 1. The summed E-state index contributed by atoms with van der Waals surface area (Å²) in [4.78, 5) is 12.5. The predicted molar refractivity (Wildman–Crippen MR) is 105 cm³/mol. The van der Waals surface area contributed by atoms with Gasteiger partial charge >= 0.3 is 0 Å². The molecule has 0 spiro atoms. The van der Waals surface area contributed by atoms with Crippen molar-refractivity contribution in [3.63, 3.8) is 0 Å². The van der Waals surface area contributed by atoms with Crippen LogP contribution in [-0.4, -0.2) is 38.0 Å². The molecule has 1 amide bonds. The fourth-order valence-corrected chi connectivity index (χ4v) is 6.37. The smallest absolute Gasteiger partial charge is 0.252 e. The minimum atomic E-state index is -3.55. The first-order valence-corrected chi connectivity index (χ1v) is 11.6. The largest absolute Gasteiger partial charge is 0.454 e. The zero-order valence-electron chi connectivity index (χ0n) is 15.3. The summed E-state index contributed by atoms with van der Waals surface area (Å²) >= 11 is 1.21. The summed E-state index contributed by atoms with van der Waals surface area (Å²) in [5.41, 5.74) is 0.907. The van der Waals surface area contributed by atoms with Gasteiger partial charge in [0.05, 0.1) is 0 Å². The maximum absolute atomic E-state index is 12.9. The van der Waals surface area contributed by atoms with Gasteiger partial charge in [0, 0.05) is 25.6 Å². The zero-order valence-corrected chi connectivity index (χ0v) is 16.9. The molecule has 2 aliphatic heterocycles. The fourth-order valence-electron chi connectivity index (χ4n) is 3.56. The molecule has 1 N–H and O–H groups in total. The van der Waals surface area contributed by atoms with Crippen molar-refractivity contribution in [1.29, 1.82) is 0 Å². The summed E-state index contributed by atoms with van der Waals surface area (Å²) in [6.45, 7) is 1.03. The molecule has 2 aliphatic rings. The molecule has 1 unspecified atom stereocenters. The van der Waals surface area contributed by atoms with Crippen molar-refractivity contribution >= 4 is 27.3 Å². The Kier molecular flexibility index (Phi) is 5.56. The number of benzene rings is 1. The third-order valence-electron chi connectivity index (χ3n) is 4.98. The predicted octanol–water partition coefficient (Wildman–Crippen LogP) is 2.73. The summed E-state index contributed by atoms with van der Waals surface area (Å²) in [6.07, 6.45) is 2.60. The van der Waals surface area contributed by atoms with Gasteiger partial charge in [0.15, 0.2) is 11.5 Å². The van der Waals surface area contributed by atoms with Gasteiger partial charge in [-0.2, -0.15) is 4.31 Å². The Morgan fingerprint density at radius 3 is 2.89 bits per heavy atom. The monoisotopic (exact) mass is 422 g/mol. The molecule has 1 saturated heterocycles. The zero-order chi connectivity index (χ0) is 19.6. The maximum atomic E-state index is 12.9. The number of nitrogens with one attached hydrogen (secondary N) is 1. The van der Waals surface area contributed by atoms with E-state index in [1.807, 2.05) is 18.2 Å². The van der Waals surface area contributed by atoms with E-state index in [1.54, 1.807) is 17.5 Å². The molecular formula is C19H22N2O5S2. The molecule has 0 radical (unpaired) electrons. The second kappa shape index (κ2) is 8.10. The summed E-state index contributed by atoms with van der Waals surface area (Å²) in [5, 5.41) is 4.64. The van der Waals surface area contributed by atoms with Gasteiger partial charge in [-0.1, -0.05) is 18.6 Å². The van der Waals surface area contributed by atoms with Crippen LogP contribution in [0.2, 0.25) is 0 Å². The summed E-state index contributed by atoms with van der Waals surface area (Å²) in [5.74, 6) is 1.22. The minimum absolute atomic E-state index is 0.157. The first-order valence-electron chi connectivity index (χ1n) is 9.24. The standard InChI is InChI=1S/C19H22N2O5S2/c22-18(20-12-14-6-7-16-17(10-14)26-13-25-16)11-15-4-1-2-8-21(15)28(23,24)19-5-3-9-27-19/h3,5-7,9-10,15H,1-2,4,8,11-13H2,(H,20,22). The van der Waals surface area contributed by atoms with Crippen LogP contribution >= 0.6 is 11.3 Å². The third-order valence-corrected chi connectivity index (χ3v) is 8.30. The second-order valence-electron chi connectivity index (χ2n) is 6.87. The summed E-state index contributed by atoms with van der Waals surface area (Å²) in [6, 6.07) is 8.58. The van der Waals surface area contributed by atoms with Crippen molar-refractivity contribution in [1.82, 2.24) is 9.62 Å². The molecule has 3 heterocycles. The Hall–Kier alpha value is -2.10. The van der Waals surface area contributed by atoms with Crippen molar-refractivity contribution in [2.75, 3.05) is 13.3 Å². The van der Waals surface area contributed by atoms with Crippen molar-refractivity contribution in [2.24, 2.45) is 0 Å². The van der Waals surface area contributed by atoms with Crippen LogP contribution in [0.3, 0.4) is 0 Å². The van der Waals surface area contributed by atoms with E-state index in [1.165, 1.54) is 15.6 Å². The average molecular weight is 423 g/mol. The molecule has 1 fully saturated rings. The van der Waals surface area contributed by atoms with Crippen LogP contribution in [0.4, 0.5) is 0 Å². The first-order chi connectivity index (χ1) is 13.5. The summed E-state index contributed by atoms with van der Waals surface area (Å²) in [7, 11) is -3.55. The summed E-state index contributed by atoms with van der Waals surface area (Å²) < 4.78 is 38.3. The van der Waals surface area contributed by atoms with E-state index < -0.39 is 10.0 Å². The lowest BCUT2D eigenvalue weighted by atomic mass is 10.0. The van der Waals surface area contributed by atoms with E-state index in [2.05, 4.69) is 5.32 Å². The Morgan fingerprint density at radius 1 is 1.21 bits per heavy atom. The second-order valence-corrected chi connectivity index (χ2v) is 9.93. The van der Waals surface area contributed by atoms with Crippen LogP contribution in [0.1, 0.15) is 31.2 Å². The molecule has 28 heavy (non-hydrogen) atoms. The van der Waals surface area contributed by atoms with Crippen molar-refractivity contribution in [2.45, 2.75) is 42.5 Å². The van der Waals surface area contributed by atoms with Crippen LogP contribution in [0.15, 0.2) is 39.9 Å². The van der Waals surface area contributed by atoms with Gasteiger partial charge in [-0.3, -0.25) is 4.79 Å². The number of hydrogen-bond acceptors (Lipinski definition) is 6. The number of ether oxygens (including phenoxy) is 2. The number of carbonyl (C=O) groups excluding carboxylic acids is 1. The normalized spacial score (nSPS) is 19.5. The number of hydrogen-bond donors (Lipinski definition) is 1. The SMILES string of the molecule is O=C(CC1CCCCN1S(=O)(=O)c1cccs1)NCc1ccc2c(c1)OCO2. The van der Waals surface area contributed by atoms with Gasteiger partial charge in [0.2, 0.25) is 12.7 Å². The van der Waals surface area contributed by atoms with Gasteiger partial charge in [0.1, 0.15) is 4.21 Å². The highest BCUT2D eigenvalue weighted by atomic mass is 32.2. The Labute approximate surface area is 168 Å². The number of carbonyl (C=O) groups is 1. The molecule has 1 aromatic heterocycles. The molecule has 0 bridgehead atoms. The van der Waals surface area contributed by atoms with E-state index in [0.29, 0.717) is 35.2 Å². The minimum Gasteiger partial charge on any atom is -0.454 e. The molecule has 1 atom stereocenters. The van der Waals surface area contributed by atoms with Crippen LogP contribution in [-0.2, 0) is 21.4 Å².